The van der Waals surface area contributed by atoms with Gasteiger partial charge in [0.25, 0.3) is 0 Å². The maximum Gasteiger partial charge on any atom is 0.00965 e. The summed E-state index contributed by atoms with van der Waals surface area (Å²) in [5, 5.41) is 7.10. The minimum atomic E-state index is 0.261. The monoisotopic (exact) mass is 297 g/mol. The van der Waals surface area contributed by atoms with Gasteiger partial charge in [0.15, 0.2) is 0 Å². The number of hydrogen-bond acceptors (Lipinski definition) is 3. The topological polar surface area (TPSA) is 27.3 Å². The molecule has 3 heteroatoms. The van der Waals surface area contributed by atoms with Gasteiger partial charge in [-0.05, 0) is 91.5 Å². The molecule has 0 aliphatic carbocycles. The van der Waals surface area contributed by atoms with E-state index in [0.29, 0.717) is 6.04 Å². The van der Waals surface area contributed by atoms with Crippen LogP contribution in [0.3, 0.4) is 0 Å². The van der Waals surface area contributed by atoms with Gasteiger partial charge >= 0.3 is 0 Å². The van der Waals surface area contributed by atoms with Gasteiger partial charge in [-0.3, -0.25) is 0 Å². The van der Waals surface area contributed by atoms with E-state index < -0.39 is 0 Å². The first-order chi connectivity index (χ1) is 9.87. The Morgan fingerprint density at radius 3 is 2.29 bits per heavy atom. The van der Waals surface area contributed by atoms with E-state index in [4.69, 9.17) is 0 Å². The summed E-state index contributed by atoms with van der Waals surface area (Å²) in [6.07, 6.45) is 6.86. The fourth-order valence-electron chi connectivity index (χ4n) is 3.05. The van der Waals surface area contributed by atoms with Crippen LogP contribution < -0.4 is 10.6 Å². The highest BCUT2D eigenvalue weighted by atomic mass is 15.1. The molecule has 0 saturated carbocycles. The molecular formula is C18H39N3. The zero-order valence-corrected chi connectivity index (χ0v) is 15.2. The Morgan fingerprint density at radius 1 is 1.05 bits per heavy atom. The number of hydrogen-bond donors (Lipinski definition) is 2. The molecule has 3 nitrogen and oxygen atoms in total. The summed E-state index contributed by atoms with van der Waals surface area (Å²) in [5.41, 5.74) is 0.261. The zero-order valence-electron chi connectivity index (χ0n) is 15.2. The summed E-state index contributed by atoms with van der Waals surface area (Å²) in [6.45, 7) is 17.4. The average molecular weight is 298 g/mol. The molecule has 0 aromatic carbocycles. The first-order valence-electron chi connectivity index (χ1n) is 9.07. The van der Waals surface area contributed by atoms with E-state index in [0.717, 1.165) is 12.5 Å². The summed E-state index contributed by atoms with van der Waals surface area (Å²) < 4.78 is 0. The molecule has 1 saturated heterocycles. The largest absolute Gasteiger partial charge is 0.315 e. The van der Waals surface area contributed by atoms with Crippen LogP contribution in [-0.2, 0) is 0 Å². The highest BCUT2D eigenvalue weighted by Crippen LogP contribution is 2.21. The fourth-order valence-corrected chi connectivity index (χ4v) is 3.05. The van der Waals surface area contributed by atoms with Crippen LogP contribution in [0.25, 0.3) is 0 Å². The van der Waals surface area contributed by atoms with E-state index in [1.54, 1.807) is 0 Å². The van der Waals surface area contributed by atoms with Crippen LogP contribution in [0.1, 0.15) is 66.7 Å². The molecule has 21 heavy (non-hydrogen) atoms. The first-order valence-corrected chi connectivity index (χ1v) is 9.07. The van der Waals surface area contributed by atoms with Crippen LogP contribution in [0.2, 0.25) is 0 Å². The van der Waals surface area contributed by atoms with Crippen molar-refractivity contribution in [3.8, 4) is 0 Å². The standard InChI is InChI=1S/C18H39N3/c1-16(2)19-11-6-8-17-9-14-21(15-10-17)13-7-12-20-18(3,4)5/h16-17,19-20H,6-15H2,1-5H3. The molecule has 0 bridgehead atoms. The first kappa shape index (κ1) is 18.9. The van der Waals surface area contributed by atoms with Crippen LogP contribution in [0.4, 0.5) is 0 Å². The van der Waals surface area contributed by atoms with E-state index in [9.17, 15) is 0 Å². The lowest BCUT2D eigenvalue weighted by molar-refractivity contribution is 0.174. The molecule has 1 aliphatic heterocycles. The van der Waals surface area contributed by atoms with Crippen LogP contribution in [0, 0.1) is 5.92 Å². The van der Waals surface area contributed by atoms with Crippen molar-refractivity contribution < 1.29 is 0 Å². The number of likely N-dealkylation sites (tertiary alicyclic amines) is 1. The highest BCUT2D eigenvalue weighted by molar-refractivity contribution is 4.74. The van der Waals surface area contributed by atoms with Crippen molar-refractivity contribution in [3.05, 3.63) is 0 Å². The Kier molecular flexibility index (Phi) is 8.84. The average Bonchev–Trinajstić information content (AvgIpc) is 2.40. The molecule has 0 aromatic heterocycles. The molecule has 1 fully saturated rings. The van der Waals surface area contributed by atoms with E-state index in [-0.39, 0.29) is 5.54 Å². The van der Waals surface area contributed by atoms with Crippen molar-refractivity contribution in [1.82, 2.24) is 15.5 Å². The molecule has 2 N–H and O–H groups in total. The molecule has 0 amide bonds. The maximum atomic E-state index is 3.58. The van der Waals surface area contributed by atoms with Crippen LogP contribution in [-0.4, -0.2) is 49.2 Å². The second-order valence-electron chi connectivity index (χ2n) is 8.07. The normalized spacial score (nSPS) is 18.6. The van der Waals surface area contributed by atoms with Crippen molar-refractivity contribution in [3.63, 3.8) is 0 Å². The third kappa shape index (κ3) is 10.3. The SMILES string of the molecule is CC(C)NCCCC1CCN(CCCNC(C)(C)C)CC1. The van der Waals surface area contributed by atoms with Gasteiger partial charge in [-0.1, -0.05) is 13.8 Å². The minimum absolute atomic E-state index is 0.261. The van der Waals surface area contributed by atoms with Crippen LogP contribution >= 0.6 is 0 Å². The number of piperidine rings is 1. The maximum absolute atomic E-state index is 3.58. The molecule has 1 rings (SSSR count). The molecule has 1 heterocycles. The van der Waals surface area contributed by atoms with Crippen molar-refractivity contribution in [2.24, 2.45) is 5.92 Å². The van der Waals surface area contributed by atoms with Gasteiger partial charge in [-0.2, -0.15) is 0 Å². The Balaban J connectivity index is 1.99. The second kappa shape index (κ2) is 9.81. The lowest BCUT2D eigenvalue weighted by atomic mass is 9.92. The van der Waals surface area contributed by atoms with E-state index >= 15 is 0 Å². The molecular weight excluding hydrogens is 258 g/mol. The molecule has 0 spiro atoms. The van der Waals surface area contributed by atoms with Crippen molar-refractivity contribution >= 4 is 0 Å². The third-order valence-corrected chi connectivity index (χ3v) is 4.36. The quantitative estimate of drug-likeness (QED) is 0.640. The second-order valence-corrected chi connectivity index (χ2v) is 8.07. The number of nitrogens with one attached hydrogen (secondary N) is 2. The van der Waals surface area contributed by atoms with Crippen LogP contribution in [0.15, 0.2) is 0 Å². The Labute approximate surface area is 133 Å². The van der Waals surface area contributed by atoms with Gasteiger partial charge in [-0.15, -0.1) is 0 Å². The van der Waals surface area contributed by atoms with E-state index in [1.807, 2.05) is 0 Å². The van der Waals surface area contributed by atoms with Crippen molar-refractivity contribution in [2.75, 3.05) is 32.7 Å². The zero-order chi connectivity index (χ0) is 15.7. The Bertz CT molecular complexity index is 250. The smallest absolute Gasteiger partial charge is 0.00965 e. The fraction of sp³-hybridized carbons (Fsp3) is 1.00. The van der Waals surface area contributed by atoms with Gasteiger partial charge in [0.2, 0.25) is 0 Å². The predicted molar refractivity (Wildman–Crippen MR) is 93.9 cm³/mol. The Morgan fingerprint density at radius 2 is 1.71 bits per heavy atom. The predicted octanol–water partition coefficient (Wildman–Crippen LogP) is 3.25. The number of rotatable bonds is 9. The van der Waals surface area contributed by atoms with Gasteiger partial charge in [-0.25, -0.2) is 0 Å². The lowest BCUT2D eigenvalue weighted by Gasteiger charge is -2.32. The van der Waals surface area contributed by atoms with E-state index in [1.165, 1.54) is 58.3 Å². The lowest BCUT2D eigenvalue weighted by Crippen LogP contribution is -2.39. The van der Waals surface area contributed by atoms with Gasteiger partial charge < -0.3 is 15.5 Å². The summed E-state index contributed by atoms with van der Waals surface area (Å²) in [4.78, 5) is 2.66. The molecule has 0 radical (unpaired) electrons. The van der Waals surface area contributed by atoms with Crippen LogP contribution in [0.5, 0.6) is 0 Å². The summed E-state index contributed by atoms with van der Waals surface area (Å²) in [6, 6.07) is 0.633. The minimum Gasteiger partial charge on any atom is -0.315 e. The summed E-state index contributed by atoms with van der Waals surface area (Å²) in [7, 11) is 0. The molecule has 0 aromatic rings. The third-order valence-electron chi connectivity index (χ3n) is 4.36. The molecule has 0 unspecified atom stereocenters. The summed E-state index contributed by atoms with van der Waals surface area (Å²) >= 11 is 0. The number of nitrogens with zero attached hydrogens (tertiary/aromatic N) is 1. The highest BCUT2D eigenvalue weighted by Gasteiger charge is 2.18. The van der Waals surface area contributed by atoms with Gasteiger partial charge in [0, 0.05) is 11.6 Å². The van der Waals surface area contributed by atoms with Crippen molar-refractivity contribution in [2.45, 2.75) is 78.3 Å². The van der Waals surface area contributed by atoms with Gasteiger partial charge in [0.1, 0.15) is 0 Å². The van der Waals surface area contributed by atoms with Gasteiger partial charge in [0.05, 0.1) is 0 Å². The molecule has 0 atom stereocenters. The molecule has 1 aliphatic rings. The summed E-state index contributed by atoms with van der Waals surface area (Å²) in [5.74, 6) is 0.975. The van der Waals surface area contributed by atoms with E-state index in [2.05, 4.69) is 50.2 Å². The van der Waals surface area contributed by atoms with Crippen molar-refractivity contribution in [1.29, 1.82) is 0 Å². The Hall–Kier alpha value is -0.120. The molecule has 126 valence electrons.